The molecule has 0 spiro atoms. The van der Waals surface area contributed by atoms with Crippen molar-refractivity contribution in [3.8, 4) is 5.75 Å². The van der Waals surface area contributed by atoms with E-state index in [4.69, 9.17) is 21.3 Å². The van der Waals surface area contributed by atoms with Crippen molar-refractivity contribution in [3.63, 3.8) is 0 Å². The van der Waals surface area contributed by atoms with E-state index in [2.05, 4.69) is 43.4 Å². The van der Waals surface area contributed by atoms with E-state index in [1.807, 2.05) is 29.9 Å². The van der Waals surface area contributed by atoms with Gasteiger partial charge in [-0.1, -0.05) is 17.7 Å². The summed E-state index contributed by atoms with van der Waals surface area (Å²) in [5.74, 6) is 1.53. The predicted octanol–water partition coefficient (Wildman–Crippen LogP) is 4.00. The van der Waals surface area contributed by atoms with Crippen LogP contribution in [0.2, 0.25) is 5.02 Å². The molecule has 28 heavy (non-hydrogen) atoms. The highest BCUT2D eigenvalue weighted by molar-refractivity contribution is 14.0. The Bertz CT molecular complexity index is 806. The van der Waals surface area contributed by atoms with E-state index in [0.29, 0.717) is 11.6 Å². The molecule has 2 N–H and O–H groups in total. The summed E-state index contributed by atoms with van der Waals surface area (Å²) in [6.45, 7) is 9.67. The minimum Gasteiger partial charge on any atom is -0.496 e. The number of nitrogens with one attached hydrogen (secondary N) is 2. The highest BCUT2D eigenvalue weighted by atomic mass is 127. The summed E-state index contributed by atoms with van der Waals surface area (Å²) in [5.41, 5.74) is 4.56. The van der Waals surface area contributed by atoms with Crippen LogP contribution < -0.4 is 15.4 Å². The second-order valence-corrected chi connectivity index (χ2v) is 7.11. The van der Waals surface area contributed by atoms with Crippen LogP contribution in [-0.4, -0.2) is 35.4 Å². The smallest absolute Gasteiger partial charge is 0.191 e. The predicted molar refractivity (Wildman–Crippen MR) is 127 cm³/mol. The molecule has 6 nitrogen and oxygen atoms in total. The molecule has 0 fully saturated rings. The molecular formula is C20H31ClIN5O. The lowest BCUT2D eigenvalue weighted by molar-refractivity contribution is 0.410. The number of nitrogens with zero attached hydrogens (tertiary/aromatic N) is 3. The third kappa shape index (κ3) is 6.55. The zero-order valence-electron chi connectivity index (χ0n) is 17.5. The van der Waals surface area contributed by atoms with Gasteiger partial charge in [-0.15, -0.1) is 24.0 Å². The van der Waals surface area contributed by atoms with Crippen LogP contribution in [0.5, 0.6) is 5.75 Å². The van der Waals surface area contributed by atoms with E-state index < -0.39 is 0 Å². The number of methoxy groups -OCH3 is 1. The summed E-state index contributed by atoms with van der Waals surface area (Å²) < 4.78 is 7.34. The summed E-state index contributed by atoms with van der Waals surface area (Å²) in [4.78, 5) is 4.70. The first kappa shape index (κ1) is 24.6. The van der Waals surface area contributed by atoms with Crippen LogP contribution in [0, 0.1) is 13.8 Å². The fraction of sp³-hybridized carbons (Fsp3) is 0.500. The zero-order valence-corrected chi connectivity index (χ0v) is 20.6. The largest absolute Gasteiger partial charge is 0.496 e. The van der Waals surface area contributed by atoms with Gasteiger partial charge in [0.05, 0.1) is 19.3 Å². The molecule has 8 heteroatoms. The first-order chi connectivity index (χ1) is 12.8. The number of hydrogen-bond acceptors (Lipinski definition) is 3. The van der Waals surface area contributed by atoms with Crippen molar-refractivity contribution in [3.05, 3.63) is 45.7 Å². The first-order valence-corrected chi connectivity index (χ1v) is 9.59. The number of rotatable bonds is 7. The molecule has 2 aromatic rings. The molecule has 0 aliphatic heterocycles. The maximum Gasteiger partial charge on any atom is 0.191 e. The molecule has 1 aromatic heterocycles. The summed E-state index contributed by atoms with van der Waals surface area (Å²) in [7, 11) is 3.62. The van der Waals surface area contributed by atoms with Crippen molar-refractivity contribution in [1.29, 1.82) is 0 Å². The number of aliphatic imine (C=N–C) groups is 1. The van der Waals surface area contributed by atoms with Gasteiger partial charge < -0.3 is 15.4 Å². The van der Waals surface area contributed by atoms with Crippen molar-refractivity contribution >= 4 is 41.5 Å². The van der Waals surface area contributed by atoms with Crippen molar-refractivity contribution in [1.82, 2.24) is 20.4 Å². The molecule has 0 amide bonds. The summed E-state index contributed by atoms with van der Waals surface area (Å²) in [5, 5.41) is 11.9. The fourth-order valence-electron chi connectivity index (χ4n) is 3.04. The molecule has 1 atom stereocenters. The molecule has 0 aliphatic carbocycles. The van der Waals surface area contributed by atoms with Crippen LogP contribution in [0.15, 0.2) is 23.2 Å². The third-order valence-electron chi connectivity index (χ3n) is 4.55. The zero-order chi connectivity index (χ0) is 20.0. The number of hydrogen-bond donors (Lipinski definition) is 2. The molecule has 0 aliphatic rings. The summed E-state index contributed by atoms with van der Waals surface area (Å²) in [6, 6.07) is 5.83. The van der Waals surface area contributed by atoms with Crippen LogP contribution in [0.25, 0.3) is 0 Å². The standard InChI is InChI=1S/C20H30ClN5O.HI/c1-7-22-20(23-12-16-8-9-17(21)11-19(16)27-6)24-13(2)10-18-14(3)25-26(5)15(18)4;/h8-9,11,13H,7,10,12H2,1-6H3,(H2,22,23,24);1H. The van der Waals surface area contributed by atoms with Gasteiger partial charge in [-0.3, -0.25) is 4.68 Å². The lowest BCUT2D eigenvalue weighted by Gasteiger charge is -2.18. The second kappa shape index (κ2) is 11.5. The summed E-state index contributed by atoms with van der Waals surface area (Å²) >= 11 is 6.03. The van der Waals surface area contributed by atoms with Crippen molar-refractivity contribution in [2.75, 3.05) is 13.7 Å². The lowest BCUT2D eigenvalue weighted by Crippen LogP contribution is -2.43. The monoisotopic (exact) mass is 519 g/mol. The Hall–Kier alpha value is -1.48. The van der Waals surface area contributed by atoms with Gasteiger partial charge in [-0.05, 0) is 51.8 Å². The SMILES string of the molecule is CCNC(=NCc1ccc(Cl)cc1OC)NC(C)Cc1c(C)nn(C)c1C.I. The molecule has 156 valence electrons. The Morgan fingerprint density at radius 1 is 1.36 bits per heavy atom. The Morgan fingerprint density at radius 3 is 2.64 bits per heavy atom. The van der Waals surface area contributed by atoms with E-state index in [1.165, 1.54) is 11.3 Å². The van der Waals surface area contributed by atoms with E-state index in [9.17, 15) is 0 Å². The van der Waals surface area contributed by atoms with E-state index in [-0.39, 0.29) is 30.0 Å². The van der Waals surface area contributed by atoms with Crippen LogP contribution in [0.3, 0.4) is 0 Å². The number of halogens is 2. The van der Waals surface area contributed by atoms with E-state index in [1.54, 1.807) is 7.11 Å². The molecule has 0 bridgehead atoms. The number of aromatic nitrogens is 2. The molecule has 0 radical (unpaired) electrons. The van der Waals surface area contributed by atoms with Gasteiger partial charge >= 0.3 is 0 Å². The topological polar surface area (TPSA) is 63.5 Å². The minimum atomic E-state index is 0. The Kier molecular flexibility index (Phi) is 10.1. The van der Waals surface area contributed by atoms with Crippen LogP contribution in [0.4, 0.5) is 0 Å². The number of aryl methyl sites for hydroxylation is 2. The van der Waals surface area contributed by atoms with Crippen molar-refractivity contribution in [2.45, 2.75) is 46.7 Å². The minimum absolute atomic E-state index is 0. The number of guanidine groups is 1. The van der Waals surface area contributed by atoms with E-state index >= 15 is 0 Å². The highest BCUT2D eigenvalue weighted by Gasteiger charge is 2.14. The molecule has 0 saturated carbocycles. The normalized spacial score (nSPS) is 12.3. The fourth-order valence-corrected chi connectivity index (χ4v) is 3.20. The van der Waals surface area contributed by atoms with Gasteiger partial charge in [-0.25, -0.2) is 4.99 Å². The molecule has 2 rings (SSSR count). The number of benzene rings is 1. The van der Waals surface area contributed by atoms with Gasteiger partial charge in [0.15, 0.2) is 5.96 Å². The highest BCUT2D eigenvalue weighted by Crippen LogP contribution is 2.23. The molecule has 0 saturated heterocycles. The quantitative estimate of drug-likeness (QED) is 0.330. The average Bonchev–Trinajstić information content (AvgIpc) is 2.86. The maximum atomic E-state index is 6.03. The van der Waals surface area contributed by atoms with Gasteiger partial charge in [0, 0.05) is 35.9 Å². The Morgan fingerprint density at radius 2 is 2.07 bits per heavy atom. The first-order valence-electron chi connectivity index (χ1n) is 9.22. The molecule has 1 unspecified atom stereocenters. The average molecular weight is 520 g/mol. The van der Waals surface area contributed by atoms with Gasteiger partial charge in [-0.2, -0.15) is 5.10 Å². The van der Waals surface area contributed by atoms with Crippen LogP contribution >= 0.6 is 35.6 Å². The van der Waals surface area contributed by atoms with E-state index in [0.717, 1.165) is 35.9 Å². The van der Waals surface area contributed by atoms with Gasteiger partial charge in [0.2, 0.25) is 0 Å². The number of ether oxygens (including phenoxy) is 1. The molecule has 1 heterocycles. The third-order valence-corrected chi connectivity index (χ3v) is 4.79. The lowest BCUT2D eigenvalue weighted by atomic mass is 10.1. The van der Waals surface area contributed by atoms with Crippen LogP contribution in [-0.2, 0) is 20.0 Å². The summed E-state index contributed by atoms with van der Waals surface area (Å²) in [6.07, 6.45) is 0.889. The molecular weight excluding hydrogens is 489 g/mol. The van der Waals surface area contributed by atoms with Gasteiger partial charge in [0.25, 0.3) is 0 Å². The van der Waals surface area contributed by atoms with Crippen molar-refractivity contribution < 1.29 is 4.74 Å². The Balaban J connectivity index is 0.00000392. The van der Waals surface area contributed by atoms with Crippen LogP contribution in [0.1, 0.15) is 36.4 Å². The van der Waals surface area contributed by atoms with Gasteiger partial charge in [0.1, 0.15) is 5.75 Å². The van der Waals surface area contributed by atoms with Crippen molar-refractivity contribution in [2.24, 2.45) is 12.0 Å². The molecule has 1 aromatic carbocycles. The second-order valence-electron chi connectivity index (χ2n) is 6.67. The Labute approximate surface area is 190 Å². The maximum absolute atomic E-state index is 6.03.